The quantitative estimate of drug-likeness (QED) is 0.927. The molecular weight excluding hydrogens is 278 g/mol. The van der Waals surface area contributed by atoms with Crippen LogP contribution < -0.4 is 5.32 Å². The number of nitrogens with one attached hydrogen (secondary N) is 1. The van der Waals surface area contributed by atoms with E-state index in [-0.39, 0.29) is 12.4 Å². The Morgan fingerprint density at radius 1 is 1.37 bits per heavy atom. The molecule has 0 aromatic carbocycles. The molecule has 3 heterocycles. The first-order valence-electron chi connectivity index (χ1n) is 7.25. The summed E-state index contributed by atoms with van der Waals surface area (Å²) in [5.74, 6) is 0. The van der Waals surface area contributed by atoms with Gasteiger partial charge in [0.1, 0.15) is 5.01 Å². The Balaban J connectivity index is 0.00000133. The summed E-state index contributed by atoms with van der Waals surface area (Å²) in [6.07, 6.45) is 6.38. The van der Waals surface area contributed by atoms with Gasteiger partial charge in [-0.05, 0) is 25.7 Å². The van der Waals surface area contributed by atoms with Crippen molar-refractivity contribution in [2.75, 3.05) is 13.1 Å². The molecule has 0 spiro atoms. The first kappa shape index (κ1) is 15.2. The predicted molar refractivity (Wildman–Crippen MR) is 83.2 cm³/mol. The largest absolute Gasteiger partial charge is 0.310 e. The highest BCUT2D eigenvalue weighted by Gasteiger charge is 2.29. The minimum absolute atomic E-state index is 0. The Bertz CT molecular complexity index is 396. The summed E-state index contributed by atoms with van der Waals surface area (Å²) in [7, 11) is 0. The van der Waals surface area contributed by atoms with Crippen molar-refractivity contribution in [2.24, 2.45) is 0 Å². The van der Waals surface area contributed by atoms with Crippen molar-refractivity contribution in [2.45, 2.75) is 57.7 Å². The number of aromatic nitrogens is 1. The molecule has 2 saturated heterocycles. The number of thiazole rings is 1. The molecule has 2 fully saturated rings. The molecule has 0 radical (unpaired) electrons. The first-order chi connectivity index (χ1) is 8.83. The number of likely N-dealkylation sites (tertiary alicyclic amines) is 1. The van der Waals surface area contributed by atoms with Crippen LogP contribution in [-0.4, -0.2) is 35.1 Å². The number of rotatable bonds is 4. The molecule has 1 N–H and O–H groups in total. The van der Waals surface area contributed by atoms with Gasteiger partial charge in [0.25, 0.3) is 0 Å². The summed E-state index contributed by atoms with van der Waals surface area (Å²) >= 11 is 1.84. The SMILES string of the molecule is CCCc1csc(CN2CCC3CCC(C2)N3)n1.Cl. The number of hydrogen-bond acceptors (Lipinski definition) is 4. The predicted octanol–water partition coefficient (Wildman–Crippen LogP) is 2.84. The van der Waals surface area contributed by atoms with Gasteiger partial charge >= 0.3 is 0 Å². The van der Waals surface area contributed by atoms with Crippen LogP contribution in [0.25, 0.3) is 0 Å². The number of halogens is 1. The Morgan fingerprint density at radius 2 is 2.21 bits per heavy atom. The monoisotopic (exact) mass is 301 g/mol. The van der Waals surface area contributed by atoms with Crippen LogP contribution in [-0.2, 0) is 13.0 Å². The van der Waals surface area contributed by atoms with Gasteiger partial charge in [-0.15, -0.1) is 23.7 Å². The highest BCUT2D eigenvalue weighted by Crippen LogP contribution is 2.22. The molecule has 2 aliphatic rings. The van der Waals surface area contributed by atoms with Gasteiger partial charge in [0.2, 0.25) is 0 Å². The summed E-state index contributed by atoms with van der Waals surface area (Å²) in [6.45, 7) is 5.71. The van der Waals surface area contributed by atoms with E-state index in [1.807, 2.05) is 11.3 Å². The Hall–Kier alpha value is -0.160. The van der Waals surface area contributed by atoms with E-state index in [0.29, 0.717) is 0 Å². The topological polar surface area (TPSA) is 28.2 Å². The van der Waals surface area contributed by atoms with E-state index in [1.165, 1.54) is 49.5 Å². The van der Waals surface area contributed by atoms with Crippen molar-refractivity contribution in [1.82, 2.24) is 15.2 Å². The van der Waals surface area contributed by atoms with Crippen LogP contribution in [0.5, 0.6) is 0 Å². The van der Waals surface area contributed by atoms with Gasteiger partial charge in [0.05, 0.1) is 12.2 Å². The second-order valence-corrected chi connectivity index (χ2v) is 6.59. The van der Waals surface area contributed by atoms with Crippen LogP contribution >= 0.6 is 23.7 Å². The molecule has 1 aromatic rings. The molecule has 3 nitrogen and oxygen atoms in total. The van der Waals surface area contributed by atoms with Gasteiger partial charge in [-0.25, -0.2) is 4.98 Å². The minimum atomic E-state index is 0. The Morgan fingerprint density at radius 3 is 3.05 bits per heavy atom. The van der Waals surface area contributed by atoms with Crippen LogP contribution in [0.2, 0.25) is 0 Å². The summed E-state index contributed by atoms with van der Waals surface area (Å²) in [4.78, 5) is 7.33. The van der Waals surface area contributed by atoms with E-state index < -0.39 is 0 Å². The summed E-state index contributed by atoms with van der Waals surface area (Å²) in [6, 6.07) is 1.51. The molecule has 2 bridgehead atoms. The Labute approximate surface area is 126 Å². The zero-order chi connectivity index (χ0) is 12.4. The maximum Gasteiger partial charge on any atom is 0.107 e. The molecule has 2 aliphatic heterocycles. The second kappa shape index (κ2) is 7.02. The third-order valence-corrected chi connectivity index (χ3v) is 4.95. The van der Waals surface area contributed by atoms with Gasteiger partial charge in [0, 0.05) is 30.6 Å². The van der Waals surface area contributed by atoms with Gasteiger partial charge in [-0.1, -0.05) is 13.3 Å². The van der Waals surface area contributed by atoms with Crippen molar-refractivity contribution < 1.29 is 0 Å². The van der Waals surface area contributed by atoms with Gasteiger partial charge in [-0.2, -0.15) is 0 Å². The fraction of sp³-hybridized carbons (Fsp3) is 0.786. The average Bonchev–Trinajstić information content (AvgIpc) is 2.90. The summed E-state index contributed by atoms with van der Waals surface area (Å²) in [5, 5.41) is 7.27. The van der Waals surface area contributed by atoms with E-state index in [2.05, 4.69) is 22.5 Å². The van der Waals surface area contributed by atoms with Crippen LogP contribution in [0, 0.1) is 0 Å². The molecule has 1 aromatic heterocycles. The van der Waals surface area contributed by atoms with Crippen molar-refractivity contribution >= 4 is 23.7 Å². The first-order valence-corrected chi connectivity index (χ1v) is 8.13. The maximum absolute atomic E-state index is 4.74. The molecule has 108 valence electrons. The lowest BCUT2D eigenvalue weighted by molar-refractivity contribution is 0.250. The standard InChI is InChI=1S/C14H23N3S.ClH/c1-2-3-13-10-18-14(16-13)9-17-7-6-11-4-5-12(8-17)15-11;/h10-12,15H,2-9H2,1H3;1H. The van der Waals surface area contributed by atoms with E-state index in [1.54, 1.807) is 0 Å². The highest BCUT2D eigenvalue weighted by molar-refractivity contribution is 7.09. The van der Waals surface area contributed by atoms with E-state index in [4.69, 9.17) is 4.98 Å². The smallest absolute Gasteiger partial charge is 0.107 e. The molecule has 2 unspecified atom stereocenters. The van der Waals surface area contributed by atoms with E-state index in [9.17, 15) is 0 Å². The lowest BCUT2D eigenvalue weighted by Crippen LogP contribution is -2.34. The minimum Gasteiger partial charge on any atom is -0.310 e. The molecule has 2 atom stereocenters. The fourth-order valence-electron chi connectivity index (χ4n) is 3.14. The molecule has 5 heteroatoms. The molecule has 19 heavy (non-hydrogen) atoms. The number of nitrogens with zero attached hydrogens (tertiary/aromatic N) is 2. The summed E-state index contributed by atoms with van der Waals surface area (Å²) < 4.78 is 0. The van der Waals surface area contributed by atoms with Crippen molar-refractivity contribution in [3.05, 3.63) is 16.1 Å². The normalized spacial score (nSPS) is 27.0. The van der Waals surface area contributed by atoms with Crippen molar-refractivity contribution in [3.8, 4) is 0 Å². The molecule has 3 rings (SSSR count). The highest BCUT2D eigenvalue weighted by atomic mass is 35.5. The third-order valence-electron chi connectivity index (χ3n) is 4.07. The van der Waals surface area contributed by atoms with Gasteiger partial charge < -0.3 is 5.32 Å². The van der Waals surface area contributed by atoms with Crippen LogP contribution in [0.3, 0.4) is 0 Å². The number of fused-ring (bicyclic) bond motifs is 2. The van der Waals surface area contributed by atoms with Crippen LogP contribution in [0.15, 0.2) is 5.38 Å². The average molecular weight is 302 g/mol. The molecular formula is C14H24ClN3S. The second-order valence-electron chi connectivity index (χ2n) is 5.64. The fourth-order valence-corrected chi connectivity index (χ4v) is 4.01. The molecule has 0 aliphatic carbocycles. The molecule has 0 saturated carbocycles. The van der Waals surface area contributed by atoms with Crippen molar-refractivity contribution in [1.29, 1.82) is 0 Å². The number of hydrogen-bond donors (Lipinski definition) is 1. The van der Waals surface area contributed by atoms with Gasteiger partial charge in [-0.3, -0.25) is 4.90 Å². The Kier molecular flexibility index (Phi) is 5.63. The summed E-state index contributed by atoms with van der Waals surface area (Å²) in [5.41, 5.74) is 1.28. The lowest BCUT2D eigenvalue weighted by Gasteiger charge is -2.22. The van der Waals surface area contributed by atoms with E-state index in [0.717, 1.165) is 25.0 Å². The molecule has 0 amide bonds. The van der Waals surface area contributed by atoms with Gasteiger partial charge in [0.15, 0.2) is 0 Å². The van der Waals surface area contributed by atoms with Crippen LogP contribution in [0.4, 0.5) is 0 Å². The van der Waals surface area contributed by atoms with Crippen molar-refractivity contribution in [3.63, 3.8) is 0 Å². The third kappa shape index (κ3) is 3.91. The lowest BCUT2D eigenvalue weighted by atomic mass is 10.1. The van der Waals surface area contributed by atoms with E-state index >= 15 is 0 Å². The number of aryl methyl sites for hydroxylation is 1. The van der Waals surface area contributed by atoms with Crippen LogP contribution in [0.1, 0.15) is 43.3 Å². The zero-order valence-electron chi connectivity index (χ0n) is 11.6. The maximum atomic E-state index is 4.74. The zero-order valence-corrected chi connectivity index (χ0v) is 13.2.